The zero-order chi connectivity index (χ0) is 13.1. The van der Waals surface area contributed by atoms with E-state index in [1.807, 2.05) is 0 Å². The first-order chi connectivity index (χ1) is 9.33. The van der Waals surface area contributed by atoms with Crippen LogP contribution in [0.15, 0.2) is 18.3 Å². The van der Waals surface area contributed by atoms with Gasteiger partial charge in [0.25, 0.3) is 0 Å². The number of anilines is 1. The van der Waals surface area contributed by atoms with Gasteiger partial charge >= 0.3 is 0 Å². The molecule has 3 rings (SSSR count). The van der Waals surface area contributed by atoms with Gasteiger partial charge in [-0.05, 0) is 43.7 Å². The average molecular weight is 260 g/mol. The first-order valence-electron chi connectivity index (χ1n) is 7.17. The number of aromatic nitrogens is 2. The van der Waals surface area contributed by atoms with E-state index in [2.05, 4.69) is 20.8 Å². The zero-order valence-corrected chi connectivity index (χ0v) is 11.0. The third-order valence-corrected chi connectivity index (χ3v) is 4.29. The highest BCUT2D eigenvalue weighted by Crippen LogP contribution is 2.32. The van der Waals surface area contributed by atoms with Gasteiger partial charge in [0.2, 0.25) is 5.91 Å². The van der Waals surface area contributed by atoms with E-state index < -0.39 is 0 Å². The normalized spacial score (nSPS) is 30.4. The van der Waals surface area contributed by atoms with Gasteiger partial charge in [-0.1, -0.05) is 12.8 Å². The number of carbonyl (C=O) groups is 1. The monoisotopic (exact) mass is 260 g/mol. The minimum Gasteiger partial charge on any atom is -0.308 e. The van der Waals surface area contributed by atoms with E-state index in [0.717, 1.165) is 18.8 Å². The van der Waals surface area contributed by atoms with E-state index in [9.17, 15) is 4.79 Å². The first-order valence-corrected chi connectivity index (χ1v) is 7.17. The maximum Gasteiger partial charge on any atom is 0.242 e. The van der Waals surface area contributed by atoms with Crippen molar-refractivity contribution in [3.8, 4) is 0 Å². The largest absolute Gasteiger partial charge is 0.308 e. The molecule has 2 heterocycles. The third kappa shape index (κ3) is 2.92. The SMILES string of the molecule is O=C(Nc1cccnn1)C1CCC2CCCCC2N1. The minimum absolute atomic E-state index is 0.0181. The van der Waals surface area contributed by atoms with Crippen LogP contribution in [-0.4, -0.2) is 28.2 Å². The molecule has 1 aliphatic heterocycles. The number of hydrogen-bond donors (Lipinski definition) is 2. The summed E-state index contributed by atoms with van der Waals surface area (Å²) in [6.45, 7) is 0. The van der Waals surface area contributed by atoms with Gasteiger partial charge in [-0.2, -0.15) is 5.10 Å². The highest BCUT2D eigenvalue weighted by Gasteiger charge is 2.34. The Bertz CT molecular complexity index is 436. The number of rotatable bonds is 2. The molecule has 19 heavy (non-hydrogen) atoms. The van der Waals surface area contributed by atoms with Crippen molar-refractivity contribution in [2.45, 2.75) is 50.6 Å². The van der Waals surface area contributed by atoms with Crippen molar-refractivity contribution in [3.05, 3.63) is 18.3 Å². The van der Waals surface area contributed by atoms with Crippen LogP contribution in [-0.2, 0) is 4.79 Å². The molecule has 2 fully saturated rings. The summed E-state index contributed by atoms with van der Waals surface area (Å²) < 4.78 is 0. The summed E-state index contributed by atoms with van der Waals surface area (Å²) in [4.78, 5) is 12.2. The summed E-state index contributed by atoms with van der Waals surface area (Å²) in [6, 6.07) is 3.98. The lowest BCUT2D eigenvalue weighted by Crippen LogP contribution is -2.53. The molecule has 1 aromatic heterocycles. The molecule has 0 spiro atoms. The molecule has 5 heteroatoms. The van der Waals surface area contributed by atoms with Crippen molar-refractivity contribution in [1.82, 2.24) is 15.5 Å². The molecule has 3 unspecified atom stereocenters. The molecule has 1 saturated heterocycles. The molecule has 1 aliphatic carbocycles. The van der Waals surface area contributed by atoms with Crippen LogP contribution in [0.4, 0.5) is 5.82 Å². The van der Waals surface area contributed by atoms with Crippen LogP contribution in [0, 0.1) is 5.92 Å². The molecule has 5 nitrogen and oxygen atoms in total. The van der Waals surface area contributed by atoms with Gasteiger partial charge in [0.05, 0.1) is 6.04 Å². The standard InChI is InChI=1S/C14H20N4O/c19-14(17-13-6-3-9-15-18-13)12-8-7-10-4-1-2-5-11(10)16-12/h3,6,9-12,16H,1-2,4-5,7-8H2,(H,17,18,19). The molecule has 102 valence electrons. The summed E-state index contributed by atoms with van der Waals surface area (Å²) in [5, 5.41) is 14.0. The van der Waals surface area contributed by atoms with Crippen LogP contribution < -0.4 is 10.6 Å². The first kappa shape index (κ1) is 12.5. The lowest BCUT2D eigenvalue weighted by Gasteiger charge is -2.39. The highest BCUT2D eigenvalue weighted by molar-refractivity contribution is 5.94. The lowest BCUT2D eigenvalue weighted by atomic mass is 9.77. The predicted octanol–water partition coefficient (Wildman–Crippen LogP) is 1.73. The summed E-state index contributed by atoms with van der Waals surface area (Å²) in [7, 11) is 0. The van der Waals surface area contributed by atoms with Crippen LogP contribution in [0.25, 0.3) is 0 Å². The van der Waals surface area contributed by atoms with Crippen LogP contribution in [0.5, 0.6) is 0 Å². The fourth-order valence-electron chi connectivity index (χ4n) is 3.28. The van der Waals surface area contributed by atoms with Gasteiger partial charge in [0.1, 0.15) is 0 Å². The predicted molar refractivity (Wildman–Crippen MR) is 72.6 cm³/mol. The van der Waals surface area contributed by atoms with Gasteiger partial charge in [-0.15, -0.1) is 5.10 Å². The van der Waals surface area contributed by atoms with Gasteiger partial charge in [0, 0.05) is 12.2 Å². The van der Waals surface area contributed by atoms with Gasteiger partial charge in [-0.3, -0.25) is 4.79 Å². The number of nitrogens with one attached hydrogen (secondary N) is 2. The Morgan fingerprint density at radius 2 is 2.16 bits per heavy atom. The van der Waals surface area contributed by atoms with Gasteiger partial charge in [-0.25, -0.2) is 0 Å². The Kier molecular flexibility index (Phi) is 3.73. The Hall–Kier alpha value is -1.49. The maximum atomic E-state index is 12.2. The van der Waals surface area contributed by atoms with Crippen molar-refractivity contribution < 1.29 is 4.79 Å². The summed E-state index contributed by atoms with van der Waals surface area (Å²) >= 11 is 0. The van der Waals surface area contributed by atoms with Crippen molar-refractivity contribution >= 4 is 11.7 Å². The molecule has 1 saturated carbocycles. The van der Waals surface area contributed by atoms with E-state index in [4.69, 9.17) is 0 Å². The number of amides is 1. The molecular weight excluding hydrogens is 240 g/mol. The second-order valence-corrected chi connectivity index (χ2v) is 5.55. The molecule has 1 aromatic rings. The van der Waals surface area contributed by atoms with Gasteiger partial charge in [0.15, 0.2) is 5.82 Å². The molecule has 1 amide bonds. The van der Waals surface area contributed by atoms with Crippen LogP contribution in [0.1, 0.15) is 38.5 Å². The summed E-state index contributed by atoms with van der Waals surface area (Å²) in [5.41, 5.74) is 0. The zero-order valence-electron chi connectivity index (χ0n) is 11.0. The third-order valence-electron chi connectivity index (χ3n) is 4.29. The topological polar surface area (TPSA) is 66.9 Å². The van der Waals surface area contributed by atoms with E-state index >= 15 is 0 Å². The quantitative estimate of drug-likeness (QED) is 0.849. The number of nitrogens with zero attached hydrogens (tertiary/aromatic N) is 2. The maximum absolute atomic E-state index is 12.2. The number of hydrogen-bond acceptors (Lipinski definition) is 4. The van der Waals surface area contributed by atoms with E-state index in [-0.39, 0.29) is 11.9 Å². The van der Waals surface area contributed by atoms with E-state index in [1.54, 1.807) is 18.3 Å². The van der Waals surface area contributed by atoms with Crippen molar-refractivity contribution in [2.24, 2.45) is 5.92 Å². The molecule has 3 atom stereocenters. The minimum atomic E-state index is -0.0821. The molecule has 2 aliphatic rings. The van der Waals surface area contributed by atoms with Crippen molar-refractivity contribution in [3.63, 3.8) is 0 Å². The van der Waals surface area contributed by atoms with Gasteiger partial charge < -0.3 is 10.6 Å². The number of piperidine rings is 1. The van der Waals surface area contributed by atoms with Crippen LogP contribution >= 0.6 is 0 Å². The summed E-state index contributed by atoms with van der Waals surface area (Å²) in [5.74, 6) is 1.32. The fraction of sp³-hybridized carbons (Fsp3) is 0.643. The Labute approximate surface area is 113 Å². The Balaban J connectivity index is 1.59. The Morgan fingerprint density at radius 1 is 1.26 bits per heavy atom. The number of fused-ring (bicyclic) bond motifs is 1. The number of carbonyl (C=O) groups excluding carboxylic acids is 1. The van der Waals surface area contributed by atoms with Crippen molar-refractivity contribution in [1.29, 1.82) is 0 Å². The Morgan fingerprint density at radius 3 is 3.00 bits per heavy atom. The second-order valence-electron chi connectivity index (χ2n) is 5.55. The molecule has 0 aromatic carbocycles. The molecule has 0 bridgehead atoms. The average Bonchev–Trinajstić information content (AvgIpc) is 2.48. The second kappa shape index (κ2) is 5.65. The van der Waals surface area contributed by atoms with Crippen molar-refractivity contribution in [2.75, 3.05) is 5.32 Å². The molecule has 0 radical (unpaired) electrons. The van der Waals surface area contributed by atoms with Crippen LogP contribution in [0.3, 0.4) is 0 Å². The van der Waals surface area contributed by atoms with E-state index in [0.29, 0.717) is 11.9 Å². The fourth-order valence-corrected chi connectivity index (χ4v) is 3.28. The van der Waals surface area contributed by atoms with Crippen LogP contribution in [0.2, 0.25) is 0 Å². The summed E-state index contributed by atoms with van der Waals surface area (Å²) in [6.07, 6.45) is 8.84. The molecule has 2 N–H and O–H groups in total. The molecular formula is C14H20N4O. The van der Waals surface area contributed by atoms with E-state index in [1.165, 1.54) is 25.7 Å². The lowest BCUT2D eigenvalue weighted by molar-refractivity contribution is -0.119. The highest BCUT2D eigenvalue weighted by atomic mass is 16.2. The smallest absolute Gasteiger partial charge is 0.242 e.